The van der Waals surface area contributed by atoms with Gasteiger partial charge in [-0.15, -0.1) is 0 Å². The summed E-state index contributed by atoms with van der Waals surface area (Å²) in [5, 5.41) is 4.19. The second-order valence-corrected chi connectivity index (χ2v) is 6.60. The maximum Gasteiger partial charge on any atom is 0.300 e. The van der Waals surface area contributed by atoms with Crippen LogP contribution in [0.3, 0.4) is 0 Å². The van der Waals surface area contributed by atoms with Crippen LogP contribution in [0.5, 0.6) is 0 Å². The third-order valence-corrected chi connectivity index (χ3v) is 4.94. The summed E-state index contributed by atoms with van der Waals surface area (Å²) in [7, 11) is 3.74. The quantitative estimate of drug-likeness (QED) is 0.693. The first-order valence-corrected chi connectivity index (χ1v) is 7.84. The average Bonchev–Trinajstić information content (AvgIpc) is 2.92. The highest BCUT2D eigenvalue weighted by atomic mass is 32.1. The van der Waals surface area contributed by atoms with E-state index in [1.54, 1.807) is 11.7 Å². The number of carbonyl (C=O) groups is 1. The normalized spacial score (nSPS) is 12.3. The van der Waals surface area contributed by atoms with Crippen molar-refractivity contribution in [2.75, 3.05) is 0 Å². The highest BCUT2D eigenvalue weighted by Gasteiger charge is 2.13. The number of thiazole rings is 1. The van der Waals surface area contributed by atoms with Gasteiger partial charge in [-0.25, -0.2) is 0 Å². The standard InChI is InChI=1S/C16H18N4OS/c1-9-6-10(2)14-12(7-9)20(5)16(22-14)17-15(21)13-11(3)8-19(4)18-13/h6-8H,1-5H3. The molecule has 114 valence electrons. The summed E-state index contributed by atoms with van der Waals surface area (Å²) in [6, 6.07) is 4.27. The van der Waals surface area contributed by atoms with Gasteiger partial charge in [0.25, 0.3) is 5.91 Å². The zero-order valence-electron chi connectivity index (χ0n) is 13.3. The van der Waals surface area contributed by atoms with Gasteiger partial charge in [-0.05, 0) is 38.0 Å². The fourth-order valence-corrected chi connectivity index (χ4v) is 3.70. The van der Waals surface area contributed by atoms with E-state index in [0.29, 0.717) is 10.5 Å². The fraction of sp³-hybridized carbons (Fsp3) is 0.312. The van der Waals surface area contributed by atoms with Crippen LogP contribution in [0.1, 0.15) is 27.2 Å². The first kappa shape index (κ1) is 14.7. The van der Waals surface area contributed by atoms with E-state index in [-0.39, 0.29) is 5.91 Å². The molecule has 0 atom stereocenters. The molecular weight excluding hydrogens is 296 g/mol. The molecular formula is C16H18N4OS. The van der Waals surface area contributed by atoms with Crippen LogP contribution in [0.15, 0.2) is 23.3 Å². The molecule has 0 unspecified atom stereocenters. The molecule has 3 aromatic rings. The molecule has 1 amide bonds. The number of carbonyl (C=O) groups excluding carboxylic acids is 1. The fourth-order valence-electron chi connectivity index (χ4n) is 2.63. The van der Waals surface area contributed by atoms with Gasteiger partial charge in [-0.3, -0.25) is 9.48 Å². The van der Waals surface area contributed by atoms with E-state index in [1.807, 2.05) is 24.7 Å². The number of aryl methyl sites for hydroxylation is 5. The zero-order chi connectivity index (χ0) is 16.0. The first-order valence-electron chi connectivity index (χ1n) is 7.03. The van der Waals surface area contributed by atoms with Crippen LogP contribution in [0.25, 0.3) is 10.2 Å². The highest BCUT2D eigenvalue weighted by molar-refractivity contribution is 7.16. The predicted molar refractivity (Wildman–Crippen MR) is 88.1 cm³/mol. The topological polar surface area (TPSA) is 52.2 Å². The molecule has 0 fully saturated rings. The van der Waals surface area contributed by atoms with Gasteiger partial charge in [0, 0.05) is 25.9 Å². The number of benzene rings is 1. The Kier molecular flexibility index (Phi) is 3.48. The van der Waals surface area contributed by atoms with E-state index in [1.165, 1.54) is 22.5 Å². The molecule has 0 N–H and O–H groups in total. The lowest BCUT2D eigenvalue weighted by atomic mass is 10.1. The van der Waals surface area contributed by atoms with Gasteiger partial charge < -0.3 is 4.57 Å². The second-order valence-electron chi connectivity index (χ2n) is 5.63. The van der Waals surface area contributed by atoms with E-state index in [0.717, 1.165) is 15.8 Å². The van der Waals surface area contributed by atoms with Crippen LogP contribution in [0.4, 0.5) is 0 Å². The molecule has 0 bridgehead atoms. The molecule has 0 radical (unpaired) electrons. The van der Waals surface area contributed by atoms with Crippen molar-refractivity contribution < 1.29 is 4.79 Å². The Morgan fingerprint density at radius 3 is 2.55 bits per heavy atom. The molecule has 6 heteroatoms. The van der Waals surface area contributed by atoms with E-state index in [9.17, 15) is 4.79 Å². The lowest BCUT2D eigenvalue weighted by Gasteiger charge is -2.00. The second kappa shape index (κ2) is 5.21. The summed E-state index contributed by atoms with van der Waals surface area (Å²) in [5.41, 5.74) is 4.77. The molecule has 0 saturated heterocycles. The van der Waals surface area contributed by atoms with Crippen LogP contribution in [0.2, 0.25) is 0 Å². The van der Waals surface area contributed by atoms with Gasteiger partial charge in [0.1, 0.15) is 0 Å². The SMILES string of the molecule is Cc1cc(C)c2sc(=NC(=O)c3nn(C)cc3C)n(C)c2c1. The summed E-state index contributed by atoms with van der Waals surface area (Å²) < 4.78 is 4.77. The minimum Gasteiger partial charge on any atom is -0.319 e. The number of hydrogen-bond donors (Lipinski definition) is 0. The van der Waals surface area contributed by atoms with Crippen molar-refractivity contribution in [2.24, 2.45) is 19.1 Å². The van der Waals surface area contributed by atoms with Crippen molar-refractivity contribution in [1.29, 1.82) is 0 Å². The maximum absolute atomic E-state index is 12.4. The molecule has 2 aromatic heterocycles. The van der Waals surface area contributed by atoms with Crippen molar-refractivity contribution in [1.82, 2.24) is 14.3 Å². The minimum atomic E-state index is -0.297. The lowest BCUT2D eigenvalue weighted by molar-refractivity contribution is 0.0992. The van der Waals surface area contributed by atoms with Crippen LogP contribution in [0, 0.1) is 20.8 Å². The van der Waals surface area contributed by atoms with Gasteiger partial charge in [-0.1, -0.05) is 17.4 Å². The molecule has 22 heavy (non-hydrogen) atoms. The van der Waals surface area contributed by atoms with Gasteiger partial charge >= 0.3 is 0 Å². The van der Waals surface area contributed by atoms with Gasteiger partial charge in [0.2, 0.25) is 0 Å². The summed E-state index contributed by atoms with van der Waals surface area (Å²) in [6.07, 6.45) is 1.82. The Hall–Kier alpha value is -2.21. The third-order valence-electron chi connectivity index (χ3n) is 3.65. The van der Waals surface area contributed by atoms with Crippen LogP contribution in [-0.4, -0.2) is 20.3 Å². The number of hydrogen-bond acceptors (Lipinski definition) is 3. The molecule has 0 spiro atoms. The van der Waals surface area contributed by atoms with E-state index in [4.69, 9.17) is 0 Å². The molecule has 3 rings (SSSR count). The summed E-state index contributed by atoms with van der Waals surface area (Å²) >= 11 is 1.54. The number of rotatable bonds is 1. The maximum atomic E-state index is 12.4. The number of nitrogens with zero attached hydrogens (tertiary/aromatic N) is 4. The third kappa shape index (κ3) is 2.39. The van der Waals surface area contributed by atoms with Gasteiger partial charge in [0.15, 0.2) is 10.5 Å². The van der Waals surface area contributed by atoms with Crippen LogP contribution in [-0.2, 0) is 14.1 Å². The number of fused-ring (bicyclic) bond motifs is 1. The van der Waals surface area contributed by atoms with Gasteiger partial charge in [0.05, 0.1) is 10.2 Å². The predicted octanol–water partition coefficient (Wildman–Crippen LogP) is 2.64. The number of aromatic nitrogens is 3. The van der Waals surface area contributed by atoms with Gasteiger partial charge in [-0.2, -0.15) is 10.1 Å². The average molecular weight is 314 g/mol. The molecule has 0 saturated carbocycles. The molecule has 2 heterocycles. The van der Waals surface area contributed by atoms with Crippen molar-refractivity contribution in [3.8, 4) is 0 Å². The molecule has 0 aliphatic heterocycles. The summed E-state index contributed by atoms with van der Waals surface area (Å²) in [4.78, 5) is 17.4. The smallest absolute Gasteiger partial charge is 0.300 e. The van der Waals surface area contributed by atoms with Crippen LogP contribution >= 0.6 is 11.3 Å². The van der Waals surface area contributed by atoms with E-state index in [2.05, 4.69) is 36.1 Å². The monoisotopic (exact) mass is 314 g/mol. The summed E-state index contributed by atoms with van der Waals surface area (Å²) in [6.45, 7) is 6.03. The van der Waals surface area contributed by atoms with Crippen molar-refractivity contribution in [3.05, 3.63) is 45.5 Å². The van der Waals surface area contributed by atoms with E-state index < -0.39 is 0 Å². The van der Waals surface area contributed by atoms with Crippen LogP contribution < -0.4 is 4.80 Å². The summed E-state index contributed by atoms with van der Waals surface area (Å²) in [5.74, 6) is -0.297. The highest BCUT2D eigenvalue weighted by Crippen LogP contribution is 2.22. The Labute approximate surface area is 132 Å². The lowest BCUT2D eigenvalue weighted by Crippen LogP contribution is -2.14. The zero-order valence-corrected chi connectivity index (χ0v) is 14.2. The largest absolute Gasteiger partial charge is 0.319 e. The Morgan fingerprint density at radius 2 is 1.91 bits per heavy atom. The Morgan fingerprint density at radius 1 is 1.18 bits per heavy atom. The first-order chi connectivity index (χ1) is 10.4. The Balaban J connectivity index is 2.18. The molecule has 5 nitrogen and oxygen atoms in total. The Bertz CT molecular complexity index is 959. The number of amides is 1. The molecule has 1 aromatic carbocycles. The van der Waals surface area contributed by atoms with E-state index >= 15 is 0 Å². The van der Waals surface area contributed by atoms with Crippen molar-refractivity contribution >= 4 is 27.5 Å². The molecule has 0 aliphatic carbocycles. The molecule has 0 aliphatic rings. The minimum absolute atomic E-state index is 0.297. The van der Waals surface area contributed by atoms with Crippen molar-refractivity contribution in [3.63, 3.8) is 0 Å². The van der Waals surface area contributed by atoms with Crippen molar-refractivity contribution in [2.45, 2.75) is 20.8 Å².